The molecule has 0 radical (unpaired) electrons. The fourth-order valence-corrected chi connectivity index (χ4v) is 11.9. The summed E-state index contributed by atoms with van der Waals surface area (Å²) < 4.78 is 0. The molecular weight excluding hydrogens is 673 g/mol. The molecule has 6 saturated carbocycles. The second kappa shape index (κ2) is 11.6. The zero-order valence-corrected chi connectivity index (χ0v) is 30.7. The number of H-pyrrole nitrogens is 2. The number of amides is 2. The van der Waals surface area contributed by atoms with E-state index in [1.165, 1.54) is 12.8 Å². The second-order valence-corrected chi connectivity index (χ2v) is 18.7. The van der Waals surface area contributed by atoms with E-state index in [4.69, 9.17) is 21.4 Å². The summed E-state index contributed by atoms with van der Waals surface area (Å²) in [5, 5.41) is 0. The molecule has 4 heterocycles. The van der Waals surface area contributed by atoms with E-state index < -0.39 is 0 Å². The molecule has 2 aromatic carbocycles. The average Bonchev–Trinajstić information content (AvgIpc) is 4.14. The Bertz CT molecular complexity index is 1970. The highest BCUT2D eigenvalue weighted by molar-refractivity contribution is 5.84. The van der Waals surface area contributed by atoms with Crippen LogP contribution in [0.1, 0.15) is 87.9 Å². The molecule has 10 nitrogen and oxygen atoms in total. The van der Waals surface area contributed by atoms with E-state index >= 15 is 0 Å². The monoisotopic (exact) mass is 722 g/mol. The third-order valence-corrected chi connectivity index (χ3v) is 15.4. The highest BCUT2D eigenvalue weighted by Gasteiger charge is 2.59. The number of fused-ring (bicyclic) bond motifs is 4. The van der Waals surface area contributed by atoms with Gasteiger partial charge in [-0.05, 0) is 134 Å². The third kappa shape index (κ3) is 5.19. The van der Waals surface area contributed by atoms with Crippen LogP contribution in [-0.2, 0) is 9.59 Å². The summed E-state index contributed by atoms with van der Waals surface area (Å²) in [6.45, 7) is 0. The maximum atomic E-state index is 13.7. The standard InChI is InChI=1S/C44H50N8O2/c45-39(31-11-25-9-26(25)12-31)43(53)51-35-15-29(35)17-37(51)41-47-19-33(49-41)23-5-1-21(2-6-23)22-3-7-24(8-4-22)34-20-48-42(50-34)38-18-30-16-36(30)52(38)44(54)40(46)32-13-27-10-28(27)14-32/h1-8,19-20,25-32,35-40H,9-18,45-46H2,(H,47,49)(H,48,50)/t25-,26+,27-,28+,29-,30-,31?,32?,35-,36-,37+,38+,39?,40?/m1/s1. The molecule has 6 aliphatic carbocycles. The zero-order chi connectivity index (χ0) is 36.0. The largest absolute Gasteiger partial charge is 0.340 e. The van der Waals surface area contributed by atoms with Crippen LogP contribution in [0.25, 0.3) is 33.6 Å². The van der Waals surface area contributed by atoms with E-state index in [0.29, 0.717) is 35.8 Å². The Morgan fingerprint density at radius 1 is 0.519 bits per heavy atom. The van der Waals surface area contributed by atoms with Gasteiger partial charge in [-0.1, -0.05) is 48.5 Å². The number of piperidine rings is 2. The molecule has 4 aromatic rings. The Labute approximate surface area is 315 Å². The molecule has 12 rings (SSSR count). The van der Waals surface area contributed by atoms with Gasteiger partial charge in [-0.25, -0.2) is 9.97 Å². The molecule has 8 aliphatic rings. The molecule has 54 heavy (non-hydrogen) atoms. The Morgan fingerprint density at radius 2 is 0.889 bits per heavy atom. The lowest BCUT2D eigenvalue weighted by molar-refractivity contribution is -0.137. The van der Waals surface area contributed by atoms with Crippen LogP contribution in [0.4, 0.5) is 0 Å². The van der Waals surface area contributed by atoms with Crippen LogP contribution in [0.15, 0.2) is 60.9 Å². The van der Waals surface area contributed by atoms with Crippen LogP contribution in [-0.4, -0.2) is 65.7 Å². The predicted molar refractivity (Wildman–Crippen MR) is 204 cm³/mol. The van der Waals surface area contributed by atoms with Crippen LogP contribution in [0, 0.1) is 47.3 Å². The van der Waals surface area contributed by atoms with Gasteiger partial charge in [0.1, 0.15) is 11.6 Å². The first-order valence-electron chi connectivity index (χ1n) is 20.8. The number of aromatic nitrogens is 4. The minimum atomic E-state index is -0.381. The van der Waals surface area contributed by atoms with Crippen molar-refractivity contribution in [1.82, 2.24) is 29.7 Å². The Morgan fingerprint density at radius 3 is 1.28 bits per heavy atom. The highest BCUT2D eigenvalue weighted by Crippen LogP contribution is 2.58. The van der Waals surface area contributed by atoms with Crippen LogP contribution < -0.4 is 11.5 Å². The number of rotatable bonds is 9. The third-order valence-electron chi connectivity index (χ3n) is 15.4. The van der Waals surface area contributed by atoms with Gasteiger partial charge in [-0.3, -0.25) is 9.59 Å². The van der Waals surface area contributed by atoms with Gasteiger partial charge in [0, 0.05) is 12.1 Å². The lowest BCUT2D eigenvalue weighted by atomic mass is 9.93. The molecule has 6 N–H and O–H groups in total. The molecule has 0 spiro atoms. The van der Waals surface area contributed by atoms with Gasteiger partial charge >= 0.3 is 0 Å². The Balaban J connectivity index is 0.711. The van der Waals surface area contributed by atoms with Gasteiger partial charge in [0.05, 0.1) is 47.9 Å². The normalized spacial score (nSPS) is 37.4. The van der Waals surface area contributed by atoms with Gasteiger partial charge in [-0.2, -0.15) is 0 Å². The Hall–Kier alpha value is -4.28. The summed E-state index contributed by atoms with van der Waals surface area (Å²) in [5.74, 6) is 7.14. The van der Waals surface area contributed by atoms with Crippen molar-refractivity contribution in [2.24, 2.45) is 58.8 Å². The van der Waals surface area contributed by atoms with Crippen molar-refractivity contribution in [3.63, 3.8) is 0 Å². The number of hydrogen-bond donors (Lipinski definition) is 4. The van der Waals surface area contributed by atoms with Gasteiger partial charge in [0.2, 0.25) is 11.8 Å². The second-order valence-electron chi connectivity index (χ2n) is 18.7. The van der Waals surface area contributed by atoms with Gasteiger partial charge in [0.15, 0.2) is 0 Å². The topological polar surface area (TPSA) is 150 Å². The number of carbonyl (C=O) groups is 2. The first kappa shape index (κ1) is 32.0. The van der Waals surface area contributed by atoms with E-state index in [1.807, 2.05) is 12.4 Å². The van der Waals surface area contributed by atoms with Crippen molar-refractivity contribution in [3.05, 3.63) is 72.6 Å². The molecule has 2 saturated heterocycles. The van der Waals surface area contributed by atoms with Crippen molar-refractivity contribution in [3.8, 4) is 33.6 Å². The molecule has 14 atom stereocenters. The molecule has 8 fully saturated rings. The quantitative estimate of drug-likeness (QED) is 0.162. The zero-order valence-electron chi connectivity index (χ0n) is 30.7. The molecule has 10 heteroatoms. The minimum Gasteiger partial charge on any atom is -0.340 e. The van der Waals surface area contributed by atoms with E-state index in [9.17, 15) is 9.59 Å². The number of imidazole rings is 2. The van der Waals surface area contributed by atoms with Gasteiger partial charge < -0.3 is 31.2 Å². The maximum absolute atomic E-state index is 13.7. The lowest BCUT2D eigenvalue weighted by Crippen LogP contribution is -2.48. The summed E-state index contributed by atoms with van der Waals surface area (Å²) in [7, 11) is 0. The van der Waals surface area contributed by atoms with Crippen molar-refractivity contribution in [2.45, 2.75) is 100 Å². The number of nitrogens with two attached hydrogens (primary N) is 2. The minimum absolute atomic E-state index is 0.0174. The summed E-state index contributed by atoms with van der Waals surface area (Å²) in [6, 6.07) is 17.0. The fourth-order valence-electron chi connectivity index (χ4n) is 11.9. The number of benzene rings is 2. The van der Waals surface area contributed by atoms with Crippen LogP contribution in [0.3, 0.4) is 0 Å². The van der Waals surface area contributed by atoms with E-state index in [0.717, 1.165) is 120 Å². The summed E-state index contributed by atoms with van der Waals surface area (Å²) >= 11 is 0. The van der Waals surface area contributed by atoms with Crippen LogP contribution >= 0.6 is 0 Å². The van der Waals surface area contributed by atoms with E-state index in [-0.39, 0.29) is 36.0 Å². The number of aromatic amines is 2. The maximum Gasteiger partial charge on any atom is 0.240 e. The molecular formula is C44H50N8O2. The molecule has 2 amide bonds. The van der Waals surface area contributed by atoms with E-state index in [2.05, 4.69) is 68.3 Å². The summed E-state index contributed by atoms with van der Waals surface area (Å²) in [5.41, 5.74) is 19.6. The van der Waals surface area contributed by atoms with Crippen molar-refractivity contribution < 1.29 is 9.59 Å². The van der Waals surface area contributed by atoms with Crippen molar-refractivity contribution in [1.29, 1.82) is 0 Å². The molecule has 4 unspecified atom stereocenters. The number of nitrogens with one attached hydrogen (secondary N) is 2. The smallest absolute Gasteiger partial charge is 0.240 e. The van der Waals surface area contributed by atoms with Crippen molar-refractivity contribution >= 4 is 11.8 Å². The molecule has 0 bridgehead atoms. The van der Waals surface area contributed by atoms with Gasteiger partial charge in [-0.15, -0.1) is 0 Å². The van der Waals surface area contributed by atoms with E-state index in [1.54, 1.807) is 0 Å². The number of carbonyl (C=O) groups excluding carboxylic acids is 2. The first-order chi connectivity index (χ1) is 26.3. The van der Waals surface area contributed by atoms with Crippen molar-refractivity contribution in [2.75, 3.05) is 0 Å². The first-order valence-corrected chi connectivity index (χ1v) is 20.8. The summed E-state index contributed by atoms with van der Waals surface area (Å²) in [6.07, 6.45) is 15.1. The SMILES string of the molecule is NC(C(=O)N1[C@@H]2C[C@@H]2C[C@H]1c1ncc(-c2ccc(-c3ccc(-c4cnc([C@@H]5C[C@H]6C[C@H]6N5C(=O)C(N)C5C[C@@H]6C[C@@H]6C5)[nH]4)cc3)cc2)[nH]1)C1C[C@@H]2C[C@@H]2C1. The summed E-state index contributed by atoms with van der Waals surface area (Å²) in [4.78, 5) is 48.4. The number of nitrogens with zero attached hydrogens (tertiary/aromatic N) is 4. The Kier molecular flexibility index (Phi) is 6.89. The average molecular weight is 723 g/mol. The lowest BCUT2D eigenvalue weighted by Gasteiger charge is -2.31. The highest BCUT2D eigenvalue weighted by atomic mass is 16.2. The number of likely N-dealkylation sites (tertiary alicyclic amines) is 2. The van der Waals surface area contributed by atoms with Crippen LogP contribution in [0.2, 0.25) is 0 Å². The molecule has 2 aliphatic heterocycles. The van der Waals surface area contributed by atoms with Crippen LogP contribution in [0.5, 0.6) is 0 Å². The van der Waals surface area contributed by atoms with Gasteiger partial charge in [0.25, 0.3) is 0 Å². The number of hydrogen-bond acceptors (Lipinski definition) is 6. The molecule has 2 aromatic heterocycles. The predicted octanol–water partition coefficient (Wildman–Crippen LogP) is 6.20. The fraction of sp³-hybridized carbons (Fsp3) is 0.545. The molecule has 278 valence electrons.